The maximum Gasteiger partial charge on any atom is 0.212 e. The molecule has 0 fully saturated rings. The third kappa shape index (κ3) is 14.1. The summed E-state index contributed by atoms with van der Waals surface area (Å²) in [6.45, 7) is 2.19. The number of pyridine rings is 2. The summed E-state index contributed by atoms with van der Waals surface area (Å²) in [6.07, 6.45) is 24.8. The molecule has 0 N–H and O–H groups in total. The molecule has 2 aromatic heterocycles. The van der Waals surface area contributed by atoms with Gasteiger partial charge in [0.15, 0.2) is 12.4 Å². The highest BCUT2D eigenvalue weighted by molar-refractivity contribution is 9.09. The van der Waals surface area contributed by atoms with Gasteiger partial charge in [-0.25, -0.2) is 0 Å². The first-order chi connectivity index (χ1) is 26.8. The molecular formula is C50H62Br2N2+2. The van der Waals surface area contributed by atoms with Gasteiger partial charge in [0.25, 0.3) is 0 Å². The van der Waals surface area contributed by atoms with E-state index in [-0.39, 0.29) is 0 Å². The molecule has 54 heavy (non-hydrogen) atoms. The van der Waals surface area contributed by atoms with Crippen molar-refractivity contribution in [3.05, 3.63) is 156 Å². The average molecular weight is 851 g/mol. The fourth-order valence-corrected chi connectivity index (χ4v) is 8.44. The molecular weight excluding hydrogens is 788 g/mol. The Balaban J connectivity index is 0.000000263. The van der Waals surface area contributed by atoms with E-state index < -0.39 is 0 Å². The second-order valence-electron chi connectivity index (χ2n) is 14.7. The molecule has 0 aliphatic rings. The van der Waals surface area contributed by atoms with Gasteiger partial charge in [0.05, 0.1) is 0 Å². The third-order valence-corrected chi connectivity index (χ3v) is 11.8. The van der Waals surface area contributed by atoms with Gasteiger partial charge in [0, 0.05) is 58.5 Å². The van der Waals surface area contributed by atoms with E-state index in [4.69, 9.17) is 0 Å². The van der Waals surface area contributed by atoms with E-state index in [9.17, 15) is 0 Å². The van der Waals surface area contributed by atoms with Crippen LogP contribution < -0.4 is 9.13 Å². The van der Waals surface area contributed by atoms with Crippen LogP contribution >= 0.6 is 31.9 Å². The van der Waals surface area contributed by atoms with Crippen molar-refractivity contribution in [1.82, 2.24) is 0 Å². The lowest BCUT2D eigenvalue weighted by molar-refractivity contribution is -0.672. The number of fused-ring (bicyclic) bond motifs is 2. The van der Waals surface area contributed by atoms with Gasteiger partial charge in [-0.2, -0.15) is 9.13 Å². The summed E-state index contributed by atoms with van der Waals surface area (Å²) >= 11 is 6.99. The Kier molecular flexibility index (Phi) is 19.3. The highest BCUT2D eigenvalue weighted by Gasteiger charge is 2.09. The first kappa shape index (κ1) is 41.8. The number of unbranched alkanes of at least 4 members (excludes halogenated alkanes) is 8. The lowest BCUT2D eigenvalue weighted by atomic mass is 9.97. The van der Waals surface area contributed by atoms with Crippen LogP contribution in [0.15, 0.2) is 134 Å². The van der Waals surface area contributed by atoms with Crippen LogP contribution in [0.4, 0.5) is 0 Å². The Labute approximate surface area is 343 Å². The van der Waals surface area contributed by atoms with Crippen LogP contribution in [0.3, 0.4) is 0 Å². The molecule has 0 bridgehead atoms. The molecule has 0 saturated heterocycles. The maximum atomic E-state index is 3.50. The zero-order valence-corrected chi connectivity index (χ0v) is 35.7. The van der Waals surface area contributed by atoms with Crippen molar-refractivity contribution in [3.8, 4) is 0 Å². The normalized spacial score (nSPS) is 11.1. The minimum Gasteiger partial charge on any atom is -0.198 e. The van der Waals surface area contributed by atoms with Crippen LogP contribution in [0.25, 0.3) is 21.8 Å². The predicted molar refractivity (Wildman–Crippen MR) is 239 cm³/mol. The summed E-state index contributed by atoms with van der Waals surface area (Å²) in [4.78, 5) is 0. The summed E-state index contributed by atoms with van der Waals surface area (Å²) < 4.78 is 4.81. The SMILES string of the molecule is BrCCCCCc1ccccc1CCCCCBr.c1ccc(CCCCC[n+]2cccc3ccccc32)c(CCCCC[n+]2cccc3ccccc32)c1. The van der Waals surface area contributed by atoms with Crippen LogP contribution in [-0.2, 0) is 38.8 Å². The number of rotatable bonds is 22. The van der Waals surface area contributed by atoms with Crippen molar-refractivity contribution < 1.29 is 9.13 Å². The van der Waals surface area contributed by atoms with Crippen molar-refractivity contribution in [2.24, 2.45) is 0 Å². The van der Waals surface area contributed by atoms with Gasteiger partial charge >= 0.3 is 0 Å². The smallest absolute Gasteiger partial charge is 0.198 e. The zero-order valence-electron chi connectivity index (χ0n) is 32.5. The number of nitrogens with zero attached hydrogens (tertiary/aromatic N) is 2. The molecule has 0 aliphatic heterocycles. The molecule has 284 valence electrons. The Bertz CT molecular complexity index is 1790. The van der Waals surface area contributed by atoms with E-state index in [1.807, 2.05) is 0 Å². The molecule has 4 heteroatoms. The van der Waals surface area contributed by atoms with Crippen LogP contribution in [0.5, 0.6) is 0 Å². The van der Waals surface area contributed by atoms with E-state index in [1.165, 1.54) is 125 Å². The number of para-hydroxylation sites is 2. The second kappa shape index (κ2) is 24.9. The summed E-state index contributed by atoms with van der Waals surface area (Å²) in [5.41, 5.74) is 8.93. The number of alkyl halides is 2. The number of aromatic nitrogens is 2. The molecule has 0 saturated carbocycles. The number of hydrogen-bond acceptors (Lipinski definition) is 0. The van der Waals surface area contributed by atoms with E-state index in [2.05, 4.69) is 175 Å². The Hall–Kier alpha value is -3.34. The molecule has 0 unspecified atom stereocenters. The average Bonchev–Trinajstić information content (AvgIpc) is 3.22. The second-order valence-corrected chi connectivity index (χ2v) is 16.3. The van der Waals surface area contributed by atoms with Crippen molar-refractivity contribution in [2.45, 2.75) is 116 Å². The summed E-state index contributed by atoms with van der Waals surface area (Å²) in [7, 11) is 0. The van der Waals surface area contributed by atoms with E-state index >= 15 is 0 Å². The van der Waals surface area contributed by atoms with Gasteiger partial charge in [0.2, 0.25) is 11.0 Å². The molecule has 0 atom stereocenters. The van der Waals surface area contributed by atoms with Gasteiger partial charge in [-0.1, -0.05) is 117 Å². The highest BCUT2D eigenvalue weighted by Crippen LogP contribution is 2.18. The summed E-state index contributed by atoms with van der Waals surface area (Å²) in [6, 6.07) is 44.2. The Morgan fingerprint density at radius 3 is 1.00 bits per heavy atom. The summed E-state index contributed by atoms with van der Waals surface area (Å²) in [5, 5.41) is 4.93. The molecule has 0 radical (unpaired) electrons. The van der Waals surface area contributed by atoms with Gasteiger partial charge < -0.3 is 0 Å². The van der Waals surface area contributed by atoms with Crippen LogP contribution in [0.2, 0.25) is 0 Å². The van der Waals surface area contributed by atoms with Crippen LogP contribution in [0, 0.1) is 0 Å². The molecule has 2 heterocycles. The van der Waals surface area contributed by atoms with Crippen molar-refractivity contribution >= 4 is 53.7 Å². The van der Waals surface area contributed by atoms with Crippen molar-refractivity contribution in [1.29, 1.82) is 0 Å². The molecule has 4 aromatic carbocycles. The number of halogens is 2. The molecule has 6 aromatic rings. The third-order valence-electron chi connectivity index (χ3n) is 10.7. The standard InChI is InChI=1S/C34H38N2.C16H24Br2/c1(11-25-35-27-13-21-31-19-7-9-23-33(31)35)3-15-29-17-5-6-18-30(29)16-4-2-12-26-36-28-14-22-32-20-8-10-24-34(32)36;17-13-7-1-3-9-15-11-5-6-12-16(15)10-4-2-8-14-18/h5-10,13-14,17-24,27-28H,1-4,11-12,15-16,25-26H2;5-6,11-12H,1-4,7-10,13-14H2/q+2;. The monoisotopic (exact) mass is 848 g/mol. The largest absolute Gasteiger partial charge is 0.212 e. The lowest BCUT2D eigenvalue weighted by Gasteiger charge is -2.09. The van der Waals surface area contributed by atoms with Crippen molar-refractivity contribution in [2.75, 3.05) is 10.7 Å². The fraction of sp³-hybridized carbons (Fsp3) is 0.400. The quantitative estimate of drug-likeness (QED) is 0.0365. The van der Waals surface area contributed by atoms with E-state index in [0.717, 1.165) is 23.7 Å². The minimum atomic E-state index is 1.09. The van der Waals surface area contributed by atoms with Gasteiger partial charge in [-0.15, -0.1) is 0 Å². The topological polar surface area (TPSA) is 7.76 Å². The van der Waals surface area contributed by atoms with E-state index in [0.29, 0.717) is 0 Å². The Morgan fingerprint density at radius 1 is 0.315 bits per heavy atom. The van der Waals surface area contributed by atoms with Crippen LogP contribution in [0.1, 0.15) is 99.3 Å². The number of hydrogen-bond donors (Lipinski definition) is 0. The molecule has 0 spiro atoms. The van der Waals surface area contributed by atoms with Crippen LogP contribution in [-0.4, -0.2) is 10.7 Å². The first-order valence-corrected chi connectivity index (χ1v) is 23.0. The molecule has 0 aliphatic carbocycles. The molecule has 2 nitrogen and oxygen atoms in total. The van der Waals surface area contributed by atoms with Crippen molar-refractivity contribution in [3.63, 3.8) is 0 Å². The molecule has 0 amide bonds. The minimum absolute atomic E-state index is 1.09. The predicted octanol–water partition coefficient (Wildman–Crippen LogP) is 13.3. The first-order valence-electron chi connectivity index (χ1n) is 20.8. The zero-order chi connectivity index (χ0) is 37.5. The van der Waals surface area contributed by atoms with Gasteiger partial charge in [-0.05, 0) is 124 Å². The number of benzene rings is 4. The lowest BCUT2D eigenvalue weighted by Crippen LogP contribution is -2.33. The Morgan fingerprint density at radius 2 is 0.630 bits per heavy atom. The number of aryl methyl sites for hydroxylation is 6. The summed E-state index contributed by atoms with van der Waals surface area (Å²) in [5.74, 6) is 0. The molecule has 6 rings (SSSR count). The van der Waals surface area contributed by atoms with Gasteiger partial charge in [-0.3, -0.25) is 0 Å². The van der Waals surface area contributed by atoms with Gasteiger partial charge in [0.1, 0.15) is 13.1 Å². The highest BCUT2D eigenvalue weighted by atomic mass is 79.9. The fourth-order valence-electron chi connectivity index (χ4n) is 7.64. The van der Waals surface area contributed by atoms with E-state index in [1.54, 1.807) is 22.3 Å². The maximum absolute atomic E-state index is 3.50.